The zero-order valence-electron chi connectivity index (χ0n) is 13.3. The number of nitrogens with zero attached hydrogens (tertiary/aromatic N) is 1. The number of carbonyl (C=O) groups is 1. The van der Waals surface area contributed by atoms with Gasteiger partial charge in [0.05, 0.1) is 14.2 Å². The van der Waals surface area contributed by atoms with Crippen LogP contribution < -0.4 is 20.1 Å². The van der Waals surface area contributed by atoms with Gasteiger partial charge in [-0.25, -0.2) is 0 Å². The second-order valence-corrected chi connectivity index (χ2v) is 4.86. The van der Waals surface area contributed by atoms with Crippen molar-refractivity contribution in [2.45, 2.75) is 6.54 Å². The van der Waals surface area contributed by atoms with Gasteiger partial charge in [0, 0.05) is 37.6 Å². The molecule has 23 heavy (non-hydrogen) atoms. The lowest BCUT2D eigenvalue weighted by Gasteiger charge is -2.10. The molecule has 6 nitrogen and oxygen atoms in total. The van der Waals surface area contributed by atoms with Gasteiger partial charge in [0.15, 0.2) is 11.5 Å². The SMILES string of the molecule is COc1ccc(C(=O)NCCNCc2ccncc2)cc1OC. The zero-order valence-corrected chi connectivity index (χ0v) is 13.3. The number of amides is 1. The smallest absolute Gasteiger partial charge is 0.251 e. The Balaban J connectivity index is 1.76. The van der Waals surface area contributed by atoms with E-state index in [0.29, 0.717) is 30.2 Å². The summed E-state index contributed by atoms with van der Waals surface area (Å²) in [4.78, 5) is 16.1. The van der Waals surface area contributed by atoms with Crippen molar-refractivity contribution < 1.29 is 14.3 Å². The molecule has 0 unspecified atom stereocenters. The molecule has 2 rings (SSSR count). The van der Waals surface area contributed by atoms with E-state index < -0.39 is 0 Å². The lowest BCUT2D eigenvalue weighted by Crippen LogP contribution is -2.31. The second-order valence-electron chi connectivity index (χ2n) is 4.86. The number of methoxy groups -OCH3 is 2. The molecule has 2 N–H and O–H groups in total. The first kappa shape index (κ1) is 16.8. The van der Waals surface area contributed by atoms with E-state index in [-0.39, 0.29) is 5.91 Å². The number of pyridine rings is 1. The molecule has 0 radical (unpaired) electrons. The van der Waals surface area contributed by atoms with Crippen molar-refractivity contribution in [3.05, 3.63) is 53.9 Å². The molecule has 0 fully saturated rings. The van der Waals surface area contributed by atoms with Crippen molar-refractivity contribution in [2.75, 3.05) is 27.3 Å². The van der Waals surface area contributed by atoms with Crippen LogP contribution >= 0.6 is 0 Å². The van der Waals surface area contributed by atoms with Gasteiger partial charge >= 0.3 is 0 Å². The molecule has 1 amide bonds. The second kappa shape index (κ2) is 8.75. The third kappa shape index (κ3) is 4.96. The van der Waals surface area contributed by atoms with Crippen LogP contribution in [-0.4, -0.2) is 38.2 Å². The van der Waals surface area contributed by atoms with Crippen LogP contribution in [-0.2, 0) is 6.54 Å². The number of rotatable bonds is 8. The molecule has 0 aliphatic carbocycles. The van der Waals surface area contributed by atoms with Crippen molar-refractivity contribution in [3.8, 4) is 11.5 Å². The summed E-state index contributed by atoms with van der Waals surface area (Å²) in [6.45, 7) is 1.97. The molecule has 0 aliphatic rings. The first-order valence-electron chi connectivity index (χ1n) is 7.34. The van der Waals surface area contributed by atoms with Gasteiger partial charge in [0.2, 0.25) is 0 Å². The first-order valence-corrected chi connectivity index (χ1v) is 7.34. The van der Waals surface area contributed by atoms with E-state index >= 15 is 0 Å². The molecule has 122 valence electrons. The average molecular weight is 315 g/mol. The fourth-order valence-corrected chi connectivity index (χ4v) is 2.08. The van der Waals surface area contributed by atoms with Crippen molar-refractivity contribution in [1.82, 2.24) is 15.6 Å². The zero-order chi connectivity index (χ0) is 16.5. The number of nitrogens with one attached hydrogen (secondary N) is 2. The van der Waals surface area contributed by atoms with Crippen LogP contribution in [0, 0.1) is 0 Å². The van der Waals surface area contributed by atoms with Crippen molar-refractivity contribution >= 4 is 5.91 Å². The van der Waals surface area contributed by atoms with Gasteiger partial charge in [-0.2, -0.15) is 0 Å². The lowest BCUT2D eigenvalue weighted by molar-refractivity contribution is 0.0953. The molecule has 0 bridgehead atoms. The Labute approximate surface area is 135 Å². The molecule has 1 aromatic heterocycles. The van der Waals surface area contributed by atoms with E-state index in [1.54, 1.807) is 44.8 Å². The highest BCUT2D eigenvalue weighted by Gasteiger charge is 2.10. The summed E-state index contributed by atoms with van der Waals surface area (Å²) < 4.78 is 10.4. The Bertz CT molecular complexity index is 632. The Morgan fingerprint density at radius 1 is 1.04 bits per heavy atom. The summed E-state index contributed by atoms with van der Waals surface area (Å²) in [5.74, 6) is 0.996. The summed E-state index contributed by atoms with van der Waals surface area (Å²) in [5, 5.41) is 6.13. The molecule has 1 heterocycles. The molecule has 6 heteroatoms. The average Bonchev–Trinajstić information content (AvgIpc) is 2.61. The van der Waals surface area contributed by atoms with Crippen LogP contribution in [0.1, 0.15) is 15.9 Å². The van der Waals surface area contributed by atoms with Crippen molar-refractivity contribution in [3.63, 3.8) is 0 Å². The maximum absolute atomic E-state index is 12.1. The number of benzene rings is 1. The number of carbonyl (C=O) groups excluding carboxylic acids is 1. The molecular formula is C17H21N3O3. The Morgan fingerprint density at radius 3 is 2.48 bits per heavy atom. The lowest BCUT2D eigenvalue weighted by atomic mass is 10.2. The highest BCUT2D eigenvalue weighted by Crippen LogP contribution is 2.27. The Morgan fingerprint density at radius 2 is 1.78 bits per heavy atom. The van der Waals surface area contributed by atoms with E-state index in [4.69, 9.17) is 9.47 Å². The molecule has 0 aliphatic heterocycles. The van der Waals surface area contributed by atoms with Gasteiger partial charge in [0.25, 0.3) is 5.91 Å². The van der Waals surface area contributed by atoms with Crippen molar-refractivity contribution in [1.29, 1.82) is 0 Å². The number of hydrogen-bond acceptors (Lipinski definition) is 5. The molecule has 0 atom stereocenters. The summed E-state index contributed by atoms with van der Waals surface area (Å²) in [5.41, 5.74) is 1.70. The molecule has 0 saturated heterocycles. The van der Waals surface area contributed by atoms with Crippen LogP contribution in [0.4, 0.5) is 0 Å². The summed E-state index contributed by atoms with van der Waals surface area (Å²) in [6.07, 6.45) is 3.52. The maximum Gasteiger partial charge on any atom is 0.251 e. The summed E-state index contributed by atoms with van der Waals surface area (Å²) in [6, 6.07) is 9.00. The fraction of sp³-hybridized carbons (Fsp3) is 0.294. The molecule has 0 saturated carbocycles. The van der Waals surface area contributed by atoms with Crippen molar-refractivity contribution in [2.24, 2.45) is 0 Å². The van der Waals surface area contributed by atoms with Gasteiger partial charge in [-0.15, -0.1) is 0 Å². The van der Waals surface area contributed by atoms with Gasteiger partial charge in [-0.3, -0.25) is 9.78 Å². The number of hydrogen-bond donors (Lipinski definition) is 2. The van der Waals surface area contributed by atoms with E-state index in [1.165, 1.54) is 0 Å². The standard InChI is InChI=1S/C17H21N3O3/c1-22-15-4-3-14(11-16(15)23-2)17(21)20-10-9-19-12-13-5-7-18-8-6-13/h3-8,11,19H,9-10,12H2,1-2H3,(H,20,21). The predicted molar refractivity (Wildman–Crippen MR) is 87.8 cm³/mol. The minimum absolute atomic E-state index is 0.142. The van der Waals surface area contributed by atoms with Gasteiger partial charge in [0.1, 0.15) is 0 Å². The van der Waals surface area contributed by atoms with Gasteiger partial charge < -0.3 is 20.1 Å². The molecule has 0 spiro atoms. The van der Waals surface area contributed by atoms with E-state index in [1.807, 2.05) is 12.1 Å². The van der Waals surface area contributed by atoms with E-state index in [2.05, 4.69) is 15.6 Å². The molecule has 1 aromatic carbocycles. The molecule has 2 aromatic rings. The quantitative estimate of drug-likeness (QED) is 0.724. The third-order valence-corrected chi connectivity index (χ3v) is 3.31. The number of ether oxygens (including phenoxy) is 2. The minimum Gasteiger partial charge on any atom is -0.493 e. The van der Waals surface area contributed by atoms with E-state index in [0.717, 1.165) is 12.1 Å². The minimum atomic E-state index is -0.142. The highest BCUT2D eigenvalue weighted by molar-refractivity contribution is 5.94. The van der Waals surface area contributed by atoms with Crippen LogP contribution in [0.5, 0.6) is 11.5 Å². The normalized spacial score (nSPS) is 10.2. The number of aromatic nitrogens is 1. The predicted octanol–water partition coefficient (Wildman–Crippen LogP) is 1.62. The first-order chi connectivity index (χ1) is 11.2. The third-order valence-electron chi connectivity index (χ3n) is 3.31. The Kier molecular flexibility index (Phi) is 6.38. The maximum atomic E-state index is 12.1. The van der Waals surface area contributed by atoms with Crippen LogP contribution in [0.15, 0.2) is 42.7 Å². The van der Waals surface area contributed by atoms with Crippen LogP contribution in [0.25, 0.3) is 0 Å². The Hall–Kier alpha value is -2.60. The van der Waals surface area contributed by atoms with Gasteiger partial charge in [-0.05, 0) is 35.9 Å². The van der Waals surface area contributed by atoms with Gasteiger partial charge in [-0.1, -0.05) is 0 Å². The summed E-state index contributed by atoms with van der Waals surface area (Å²) in [7, 11) is 3.11. The van der Waals surface area contributed by atoms with Crippen LogP contribution in [0.3, 0.4) is 0 Å². The van der Waals surface area contributed by atoms with E-state index in [9.17, 15) is 4.79 Å². The monoisotopic (exact) mass is 315 g/mol. The van der Waals surface area contributed by atoms with Crippen LogP contribution in [0.2, 0.25) is 0 Å². The highest BCUT2D eigenvalue weighted by atomic mass is 16.5. The fourth-order valence-electron chi connectivity index (χ4n) is 2.08. The topological polar surface area (TPSA) is 72.5 Å². The molecular weight excluding hydrogens is 294 g/mol. The largest absolute Gasteiger partial charge is 0.493 e. The summed E-state index contributed by atoms with van der Waals surface area (Å²) >= 11 is 0.